The topological polar surface area (TPSA) is 24.5 Å². The maximum absolute atomic E-state index is 5.31. The third-order valence-electron chi connectivity index (χ3n) is 3.67. The highest BCUT2D eigenvalue weighted by molar-refractivity contribution is 4.77. The molecule has 1 aliphatic rings. The summed E-state index contributed by atoms with van der Waals surface area (Å²) in [7, 11) is 0. The number of nitrogens with one attached hydrogen (secondary N) is 1. The van der Waals surface area contributed by atoms with Crippen LogP contribution < -0.4 is 5.32 Å². The molecule has 17 heavy (non-hydrogen) atoms. The van der Waals surface area contributed by atoms with Crippen molar-refractivity contribution >= 4 is 0 Å². The zero-order chi connectivity index (χ0) is 12.5. The highest BCUT2D eigenvalue weighted by Gasteiger charge is 2.21. The lowest BCUT2D eigenvalue weighted by atomic mass is 9.95. The molecule has 3 heteroatoms. The van der Waals surface area contributed by atoms with Crippen molar-refractivity contribution in [2.45, 2.75) is 46.1 Å². The first-order valence-corrected chi connectivity index (χ1v) is 7.26. The summed E-state index contributed by atoms with van der Waals surface area (Å²) in [4.78, 5) is 2.63. The van der Waals surface area contributed by atoms with Crippen LogP contribution in [-0.2, 0) is 4.74 Å². The highest BCUT2D eigenvalue weighted by Crippen LogP contribution is 2.20. The molecule has 1 rings (SSSR count). The molecule has 0 amide bonds. The van der Waals surface area contributed by atoms with E-state index >= 15 is 0 Å². The fourth-order valence-corrected chi connectivity index (χ4v) is 2.48. The van der Waals surface area contributed by atoms with E-state index in [9.17, 15) is 0 Å². The van der Waals surface area contributed by atoms with Crippen LogP contribution in [0.4, 0.5) is 0 Å². The predicted octanol–water partition coefficient (Wildman–Crippen LogP) is 2.12. The molecule has 2 atom stereocenters. The van der Waals surface area contributed by atoms with Gasteiger partial charge in [0, 0.05) is 38.9 Å². The molecule has 0 aliphatic carbocycles. The van der Waals surface area contributed by atoms with E-state index in [0.29, 0.717) is 0 Å². The number of rotatable bonds is 8. The quantitative estimate of drug-likeness (QED) is 0.660. The van der Waals surface area contributed by atoms with E-state index in [4.69, 9.17) is 4.74 Å². The van der Waals surface area contributed by atoms with Gasteiger partial charge in [0.05, 0.1) is 0 Å². The minimum atomic E-state index is 0.774. The first-order chi connectivity index (χ1) is 8.24. The fraction of sp³-hybridized carbons (Fsp3) is 1.00. The van der Waals surface area contributed by atoms with Gasteiger partial charge in [-0.2, -0.15) is 0 Å². The second-order valence-electron chi connectivity index (χ2n) is 5.33. The normalized spacial score (nSPS) is 26.3. The van der Waals surface area contributed by atoms with Crippen molar-refractivity contribution in [1.29, 1.82) is 0 Å². The molecule has 0 radical (unpaired) electrons. The summed E-state index contributed by atoms with van der Waals surface area (Å²) < 4.78 is 5.31. The lowest BCUT2D eigenvalue weighted by Gasteiger charge is -2.36. The van der Waals surface area contributed by atoms with E-state index in [1.54, 1.807) is 0 Å². The van der Waals surface area contributed by atoms with Gasteiger partial charge in [0.2, 0.25) is 0 Å². The summed E-state index contributed by atoms with van der Waals surface area (Å²) in [5.41, 5.74) is 0. The van der Waals surface area contributed by atoms with Crippen molar-refractivity contribution in [3.63, 3.8) is 0 Å². The number of hydrogen-bond acceptors (Lipinski definition) is 3. The van der Waals surface area contributed by atoms with Gasteiger partial charge in [-0.05, 0) is 45.6 Å². The number of likely N-dealkylation sites (tertiary alicyclic amines) is 1. The number of ether oxygens (including phenoxy) is 1. The number of hydrogen-bond donors (Lipinski definition) is 1. The van der Waals surface area contributed by atoms with Crippen LogP contribution in [0.3, 0.4) is 0 Å². The molecule has 3 nitrogen and oxygen atoms in total. The fourth-order valence-electron chi connectivity index (χ4n) is 2.48. The Bertz CT molecular complexity index is 187. The molecule has 1 fully saturated rings. The Labute approximate surface area is 107 Å². The molecule has 1 heterocycles. The molecule has 2 unspecified atom stereocenters. The first-order valence-electron chi connectivity index (χ1n) is 7.26. The summed E-state index contributed by atoms with van der Waals surface area (Å²) in [6.07, 6.45) is 3.89. The molecule has 0 bridgehead atoms. The Morgan fingerprint density at radius 2 is 2.06 bits per heavy atom. The Balaban J connectivity index is 1.97. The second kappa shape index (κ2) is 8.90. The minimum absolute atomic E-state index is 0.774. The summed E-state index contributed by atoms with van der Waals surface area (Å²) in [5.74, 6) is 0.879. The molecule has 0 aromatic heterocycles. The Kier molecular flexibility index (Phi) is 7.82. The average Bonchev–Trinajstić information content (AvgIpc) is 2.32. The van der Waals surface area contributed by atoms with E-state index < -0.39 is 0 Å². The van der Waals surface area contributed by atoms with Crippen molar-refractivity contribution in [3.05, 3.63) is 0 Å². The maximum Gasteiger partial charge on any atom is 0.0477 e. The van der Waals surface area contributed by atoms with Crippen LogP contribution >= 0.6 is 0 Å². The zero-order valence-electron chi connectivity index (χ0n) is 11.9. The summed E-state index contributed by atoms with van der Waals surface area (Å²) in [6, 6.07) is 0.774. The van der Waals surface area contributed by atoms with Crippen molar-refractivity contribution < 1.29 is 4.74 Å². The van der Waals surface area contributed by atoms with Gasteiger partial charge in [-0.1, -0.05) is 6.92 Å². The molecular weight excluding hydrogens is 212 g/mol. The van der Waals surface area contributed by atoms with E-state index in [-0.39, 0.29) is 0 Å². The van der Waals surface area contributed by atoms with E-state index in [1.165, 1.54) is 25.9 Å². The molecule has 1 saturated heterocycles. The number of piperidine rings is 1. The van der Waals surface area contributed by atoms with Crippen LogP contribution in [0, 0.1) is 5.92 Å². The molecule has 1 aliphatic heterocycles. The molecule has 102 valence electrons. The smallest absolute Gasteiger partial charge is 0.0477 e. The van der Waals surface area contributed by atoms with Gasteiger partial charge < -0.3 is 10.1 Å². The SMILES string of the molecule is CCOCCCNCCN1CC(C)CCC1C. The molecule has 0 aromatic rings. The molecule has 0 aromatic carbocycles. The van der Waals surface area contributed by atoms with Crippen molar-refractivity contribution in [3.8, 4) is 0 Å². The average molecular weight is 242 g/mol. The van der Waals surface area contributed by atoms with Gasteiger partial charge in [-0.25, -0.2) is 0 Å². The van der Waals surface area contributed by atoms with E-state index in [1.807, 2.05) is 6.92 Å². The van der Waals surface area contributed by atoms with Crippen LogP contribution in [0.15, 0.2) is 0 Å². The maximum atomic E-state index is 5.31. The van der Waals surface area contributed by atoms with Gasteiger partial charge in [0.25, 0.3) is 0 Å². The van der Waals surface area contributed by atoms with Crippen molar-refractivity contribution in [2.24, 2.45) is 5.92 Å². The van der Waals surface area contributed by atoms with Gasteiger partial charge in [0.1, 0.15) is 0 Å². The van der Waals surface area contributed by atoms with Crippen molar-refractivity contribution in [1.82, 2.24) is 10.2 Å². The standard InChI is InChI=1S/C14H30N2O/c1-4-17-11-5-8-15-9-10-16-12-13(2)6-7-14(16)3/h13-15H,4-12H2,1-3H3. The lowest BCUT2D eigenvalue weighted by molar-refractivity contribution is 0.124. The van der Waals surface area contributed by atoms with Gasteiger partial charge in [-0.15, -0.1) is 0 Å². The third kappa shape index (κ3) is 6.39. The van der Waals surface area contributed by atoms with E-state index in [2.05, 4.69) is 24.1 Å². The molecule has 0 saturated carbocycles. The minimum Gasteiger partial charge on any atom is -0.382 e. The third-order valence-corrected chi connectivity index (χ3v) is 3.67. The highest BCUT2D eigenvalue weighted by atomic mass is 16.5. The number of nitrogens with zero attached hydrogens (tertiary/aromatic N) is 1. The van der Waals surface area contributed by atoms with Gasteiger partial charge in [0.15, 0.2) is 0 Å². The van der Waals surface area contributed by atoms with Crippen LogP contribution in [-0.4, -0.2) is 50.3 Å². The second-order valence-corrected chi connectivity index (χ2v) is 5.33. The van der Waals surface area contributed by atoms with Crippen molar-refractivity contribution in [2.75, 3.05) is 39.4 Å². The zero-order valence-corrected chi connectivity index (χ0v) is 11.9. The lowest BCUT2D eigenvalue weighted by Crippen LogP contribution is -2.44. The summed E-state index contributed by atoms with van der Waals surface area (Å²) in [6.45, 7) is 13.2. The Morgan fingerprint density at radius 3 is 2.82 bits per heavy atom. The monoisotopic (exact) mass is 242 g/mol. The Hall–Kier alpha value is -0.120. The first kappa shape index (κ1) is 14.9. The van der Waals surface area contributed by atoms with Crippen LogP contribution in [0.2, 0.25) is 0 Å². The van der Waals surface area contributed by atoms with Gasteiger partial charge in [-0.3, -0.25) is 4.90 Å². The molecule has 1 N–H and O–H groups in total. The summed E-state index contributed by atoms with van der Waals surface area (Å²) >= 11 is 0. The predicted molar refractivity (Wildman–Crippen MR) is 73.4 cm³/mol. The Morgan fingerprint density at radius 1 is 1.24 bits per heavy atom. The summed E-state index contributed by atoms with van der Waals surface area (Å²) in [5, 5.41) is 3.51. The van der Waals surface area contributed by atoms with Crippen LogP contribution in [0.1, 0.15) is 40.0 Å². The molecule has 0 spiro atoms. The molecular formula is C14H30N2O. The van der Waals surface area contributed by atoms with E-state index in [0.717, 1.165) is 44.7 Å². The largest absolute Gasteiger partial charge is 0.382 e. The van der Waals surface area contributed by atoms with Gasteiger partial charge >= 0.3 is 0 Å². The van der Waals surface area contributed by atoms with Crippen LogP contribution in [0.5, 0.6) is 0 Å². The van der Waals surface area contributed by atoms with Crippen LogP contribution in [0.25, 0.3) is 0 Å².